The van der Waals surface area contributed by atoms with Gasteiger partial charge in [-0.3, -0.25) is 9.89 Å². The molecule has 0 bridgehead atoms. The largest absolute Gasteiger partial charge is 0.401 e. The van der Waals surface area contributed by atoms with E-state index in [0.717, 1.165) is 38.3 Å². The van der Waals surface area contributed by atoms with Crippen molar-refractivity contribution in [3.8, 4) is 0 Å². The van der Waals surface area contributed by atoms with E-state index in [1.165, 1.54) is 43.4 Å². The number of aliphatic imine (C=N–C) groups is 1. The highest BCUT2D eigenvalue weighted by atomic mass is 127. The van der Waals surface area contributed by atoms with Gasteiger partial charge in [-0.25, -0.2) is 0 Å². The molecule has 2 N–H and O–H groups in total. The predicted octanol–water partition coefficient (Wildman–Crippen LogP) is 4.17. The number of nitrogens with one attached hydrogen (secondary N) is 2. The average Bonchev–Trinajstić information content (AvgIpc) is 2.92. The van der Waals surface area contributed by atoms with E-state index in [-0.39, 0.29) is 24.0 Å². The highest BCUT2D eigenvalue weighted by Gasteiger charge is 2.32. The third-order valence-corrected chi connectivity index (χ3v) is 5.73. The standard InChI is InChI=1S/C20H37F3N4O.HI/c1-24-19(26-12-15-28-18-6-4-2-3-5-7-18)25-11-8-17-9-13-27(14-10-17)16-20(21,22)23;/h17-18H,2-16H2,1H3,(H2,24,25,26);1H. The van der Waals surface area contributed by atoms with Gasteiger partial charge < -0.3 is 15.4 Å². The van der Waals surface area contributed by atoms with Crippen molar-refractivity contribution in [1.82, 2.24) is 15.5 Å². The molecule has 0 aromatic heterocycles. The monoisotopic (exact) mass is 534 g/mol. The Kier molecular flexibility index (Phi) is 13.5. The minimum atomic E-state index is -4.09. The SMILES string of the molecule is CN=C(NCCOC1CCCCCC1)NCCC1CCN(CC(F)(F)F)CC1.I. The fraction of sp³-hybridized carbons (Fsp3) is 0.950. The van der Waals surface area contributed by atoms with Crippen LogP contribution in [0.25, 0.3) is 0 Å². The number of alkyl halides is 3. The first-order valence-corrected chi connectivity index (χ1v) is 10.8. The van der Waals surface area contributed by atoms with E-state index in [4.69, 9.17) is 4.74 Å². The Hall–Kier alpha value is -0.290. The number of guanidine groups is 1. The van der Waals surface area contributed by atoms with Gasteiger partial charge in [0.25, 0.3) is 0 Å². The molecule has 1 heterocycles. The average molecular weight is 534 g/mol. The van der Waals surface area contributed by atoms with Crippen molar-refractivity contribution in [3.05, 3.63) is 0 Å². The highest BCUT2D eigenvalue weighted by molar-refractivity contribution is 14.0. The molecule has 1 aliphatic heterocycles. The zero-order valence-electron chi connectivity index (χ0n) is 17.6. The van der Waals surface area contributed by atoms with Gasteiger partial charge in [-0.2, -0.15) is 13.2 Å². The smallest absolute Gasteiger partial charge is 0.376 e. The lowest BCUT2D eigenvalue weighted by Crippen LogP contribution is -2.42. The Labute approximate surface area is 190 Å². The van der Waals surface area contributed by atoms with Gasteiger partial charge in [0.2, 0.25) is 0 Å². The van der Waals surface area contributed by atoms with Crippen LogP contribution in [0.2, 0.25) is 0 Å². The van der Waals surface area contributed by atoms with E-state index < -0.39 is 12.7 Å². The van der Waals surface area contributed by atoms with Crippen molar-refractivity contribution in [2.24, 2.45) is 10.9 Å². The summed E-state index contributed by atoms with van der Waals surface area (Å²) >= 11 is 0. The topological polar surface area (TPSA) is 48.9 Å². The molecule has 5 nitrogen and oxygen atoms in total. The molecule has 2 aliphatic rings. The van der Waals surface area contributed by atoms with Crippen LogP contribution >= 0.6 is 24.0 Å². The van der Waals surface area contributed by atoms with Gasteiger partial charge in [0.15, 0.2) is 5.96 Å². The van der Waals surface area contributed by atoms with Crippen molar-refractivity contribution in [3.63, 3.8) is 0 Å². The molecule has 0 atom stereocenters. The van der Waals surface area contributed by atoms with E-state index in [0.29, 0.717) is 31.7 Å². The van der Waals surface area contributed by atoms with Crippen LogP contribution in [0.15, 0.2) is 4.99 Å². The quantitative estimate of drug-likeness (QED) is 0.161. The first-order chi connectivity index (χ1) is 13.5. The van der Waals surface area contributed by atoms with Crippen molar-refractivity contribution in [2.45, 2.75) is 70.1 Å². The lowest BCUT2D eigenvalue weighted by molar-refractivity contribution is -0.148. The molecule has 0 amide bonds. The maximum absolute atomic E-state index is 12.4. The number of likely N-dealkylation sites (tertiary alicyclic amines) is 1. The summed E-state index contributed by atoms with van der Waals surface area (Å²) in [5.74, 6) is 1.24. The van der Waals surface area contributed by atoms with E-state index in [1.807, 2.05) is 0 Å². The first kappa shape index (κ1) is 26.7. The molecule has 172 valence electrons. The van der Waals surface area contributed by atoms with Crippen LogP contribution in [0.5, 0.6) is 0 Å². The van der Waals surface area contributed by atoms with E-state index in [2.05, 4.69) is 15.6 Å². The minimum absolute atomic E-state index is 0. The van der Waals surface area contributed by atoms with Gasteiger partial charge >= 0.3 is 6.18 Å². The van der Waals surface area contributed by atoms with Gasteiger partial charge in [-0.05, 0) is 51.1 Å². The van der Waals surface area contributed by atoms with E-state index in [9.17, 15) is 13.2 Å². The van der Waals surface area contributed by atoms with Crippen LogP contribution < -0.4 is 10.6 Å². The van der Waals surface area contributed by atoms with Crippen LogP contribution in [-0.4, -0.2) is 69.5 Å². The third kappa shape index (κ3) is 12.2. The second kappa shape index (κ2) is 14.7. The summed E-state index contributed by atoms with van der Waals surface area (Å²) in [6.45, 7) is 2.49. The molecule has 0 unspecified atom stereocenters. The Morgan fingerprint density at radius 3 is 2.21 bits per heavy atom. The summed E-state index contributed by atoms with van der Waals surface area (Å²) < 4.78 is 43.3. The zero-order chi connectivity index (χ0) is 20.2. The van der Waals surface area contributed by atoms with E-state index >= 15 is 0 Å². The Morgan fingerprint density at radius 2 is 1.62 bits per heavy atom. The maximum atomic E-state index is 12.4. The van der Waals surface area contributed by atoms with Crippen LogP contribution in [0, 0.1) is 5.92 Å². The van der Waals surface area contributed by atoms with Crippen molar-refractivity contribution < 1.29 is 17.9 Å². The summed E-state index contributed by atoms with van der Waals surface area (Å²) in [4.78, 5) is 5.74. The Balaban J connectivity index is 0.00000420. The molecule has 0 radical (unpaired) electrons. The van der Waals surface area contributed by atoms with Crippen molar-refractivity contribution >= 4 is 29.9 Å². The lowest BCUT2D eigenvalue weighted by Gasteiger charge is -2.32. The minimum Gasteiger partial charge on any atom is -0.376 e. The third-order valence-electron chi connectivity index (χ3n) is 5.73. The van der Waals surface area contributed by atoms with Gasteiger partial charge in [0.1, 0.15) is 0 Å². The number of piperidine rings is 1. The van der Waals surface area contributed by atoms with Gasteiger partial charge in [0, 0.05) is 20.1 Å². The fourth-order valence-electron chi connectivity index (χ4n) is 4.11. The normalized spacial score (nSPS) is 20.8. The van der Waals surface area contributed by atoms with Gasteiger partial charge in [0.05, 0.1) is 19.3 Å². The highest BCUT2D eigenvalue weighted by Crippen LogP contribution is 2.24. The number of halogens is 4. The number of hydrogen-bond donors (Lipinski definition) is 2. The number of hydrogen-bond acceptors (Lipinski definition) is 3. The molecule has 0 spiro atoms. The van der Waals surface area contributed by atoms with Crippen LogP contribution in [-0.2, 0) is 4.74 Å². The molecule has 2 fully saturated rings. The molecule has 1 saturated heterocycles. The number of nitrogens with zero attached hydrogens (tertiary/aromatic N) is 2. The van der Waals surface area contributed by atoms with Gasteiger partial charge in [-0.15, -0.1) is 24.0 Å². The molecular weight excluding hydrogens is 496 g/mol. The second-order valence-electron chi connectivity index (χ2n) is 8.03. The summed E-state index contributed by atoms with van der Waals surface area (Å²) in [7, 11) is 1.75. The van der Waals surface area contributed by atoms with Crippen molar-refractivity contribution in [1.29, 1.82) is 0 Å². The summed E-state index contributed by atoms with van der Waals surface area (Å²) in [6, 6.07) is 0. The predicted molar refractivity (Wildman–Crippen MR) is 122 cm³/mol. The number of ether oxygens (including phenoxy) is 1. The molecule has 0 aromatic rings. The fourth-order valence-corrected chi connectivity index (χ4v) is 4.11. The molecule has 29 heavy (non-hydrogen) atoms. The second-order valence-corrected chi connectivity index (χ2v) is 8.03. The molecule has 1 saturated carbocycles. The molecule has 1 aliphatic carbocycles. The molecule has 2 rings (SSSR count). The van der Waals surface area contributed by atoms with E-state index in [1.54, 1.807) is 7.05 Å². The molecular formula is C20H38F3IN4O. The zero-order valence-corrected chi connectivity index (χ0v) is 19.9. The van der Waals surface area contributed by atoms with Gasteiger partial charge in [-0.1, -0.05) is 25.7 Å². The first-order valence-electron chi connectivity index (χ1n) is 10.8. The van der Waals surface area contributed by atoms with Crippen LogP contribution in [0.1, 0.15) is 57.8 Å². The summed E-state index contributed by atoms with van der Waals surface area (Å²) in [5, 5.41) is 6.58. The molecule has 9 heteroatoms. The maximum Gasteiger partial charge on any atom is 0.401 e. The summed E-state index contributed by atoms with van der Waals surface area (Å²) in [6.07, 6.45) is 6.49. The molecule has 0 aromatic carbocycles. The van der Waals surface area contributed by atoms with Crippen molar-refractivity contribution in [2.75, 3.05) is 46.4 Å². The lowest BCUT2D eigenvalue weighted by atomic mass is 9.93. The Morgan fingerprint density at radius 1 is 1.00 bits per heavy atom. The Bertz CT molecular complexity index is 449. The van der Waals surface area contributed by atoms with Crippen LogP contribution in [0.4, 0.5) is 13.2 Å². The van der Waals surface area contributed by atoms with Crippen LogP contribution in [0.3, 0.4) is 0 Å². The number of rotatable bonds is 8. The summed E-state index contributed by atoms with van der Waals surface area (Å²) in [5.41, 5.74) is 0.